The van der Waals surface area contributed by atoms with Crippen LogP contribution in [0.25, 0.3) is 0 Å². The van der Waals surface area contributed by atoms with Gasteiger partial charge in [-0.25, -0.2) is 8.42 Å². The molecule has 42 heavy (non-hydrogen) atoms. The lowest BCUT2D eigenvalue weighted by Crippen LogP contribution is -2.52. The first-order valence-electron chi connectivity index (χ1n) is 14.0. The molecule has 0 bridgehead atoms. The van der Waals surface area contributed by atoms with E-state index in [0.717, 1.165) is 27.4 Å². The molecule has 3 aromatic carbocycles. The fraction of sp³-hybridized carbons (Fsp3) is 0.375. The number of amides is 2. The molecule has 1 N–H and O–H groups in total. The fourth-order valence-corrected chi connectivity index (χ4v) is 5.93. The van der Waals surface area contributed by atoms with Gasteiger partial charge in [0.15, 0.2) is 0 Å². The summed E-state index contributed by atoms with van der Waals surface area (Å²) < 4.78 is 40.3. The Morgan fingerprint density at radius 2 is 1.50 bits per heavy atom. The van der Waals surface area contributed by atoms with Gasteiger partial charge in [0.05, 0.1) is 24.8 Å². The molecule has 0 aromatic heterocycles. The first-order chi connectivity index (χ1) is 20.0. The molecule has 0 radical (unpaired) electrons. The number of carbonyl (C=O) groups is 2. The predicted octanol–water partition coefficient (Wildman–Crippen LogP) is 4.85. The van der Waals surface area contributed by atoms with E-state index in [1.54, 1.807) is 24.3 Å². The quantitative estimate of drug-likeness (QED) is 0.286. The van der Waals surface area contributed by atoms with Crippen LogP contribution < -0.4 is 19.1 Å². The molecule has 0 unspecified atom stereocenters. The van der Waals surface area contributed by atoms with E-state index in [4.69, 9.17) is 9.47 Å². The maximum Gasteiger partial charge on any atom is 0.264 e. The van der Waals surface area contributed by atoms with E-state index in [-0.39, 0.29) is 28.8 Å². The monoisotopic (exact) mass is 595 g/mol. The average Bonchev–Trinajstić information content (AvgIpc) is 2.99. The van der Waals surface area contributed by atoms with Gasteiger partial charge in [0.1, 0.15) is 24.1 Å². The molecule has 226 valence electrons. The van der Waals surface area contributed by atoms with Gasteiger partial charge in [-0.05, 0) is 56.5 Å². The largest absolute Gasteiger partial charge is 0.497 e. The maximum absolute atomic E-state index is 14.2. The molecule has 10 heteroatoms. The lowest BCUT2D eigenvalue weighted by molar-refractivity contribution is -0.140. The molecular formula is C32H41N3O6S. The molecule has 0 aliphatic carbocycles. The minimum Gasteiger partial charge on any atom is -0.497 e. The molecule has 3 aromatic rings. The van der Waals surface area contributed by atoms with Crippen molar-refractivity contribution in [1.29, 1.82) is 0 Å². The molecule has 0 spiro atoms. The number of ether oxygens (including phenoxy) is 2. The van der Waals surface area contributed by atoms with E-state index >= 15 is 0 Å². The van der Waals surface area contributed by atoms with E-state index < -0.39 is 28.5 Å². The van der Waals surface area contributed by atoms with Gasteiger partial charge in [-0.1, -0.05) is 61.4 Å². The zero-order chi connectivity index (χ0) is 30.9. The van der Waals surface area contributed by atoms with Crippen molar-refractivity contribution in [2.24, 2.45) is 0 Å². The van der Waals surface area contributed by atoms with Crippen molar-refractivity contribution in [3.05, 3.63) is 83.4 Å². The van der Waals surface area contributed by atoms with Gasteiger partial charge in [-0.15, -0.1) is 0 Å². The van der Waals surface area contributed by atoms with E-state index in [9.17, 15) is 18.0 Å². The summed E-state index contributed by atoms with van der Waals surface area (Å²) in [6.45, 7) is 7.64. The zero-order valence-electron chi connectivity index (χ0n) is 25.2. The van der Waals surface area contributed by atoms with Crippen molar-refractivity contribution in [1.82, 2.24) is 10.2 Å². The highest BCUT2D eigenvalue weighted by atomic mass is 32.2. The SMILES string of the molecule is CCCNC(=O)[C@@H](CC)N(Cc1ccc(C)cc1)C(=O)CN(c1cc(OC)ccc1OC)S(=O)(=O)c1ccc(C)cc1. The summed E-state index contributed by atoms with van der Waals surface area (Å²) in [7, 11) is -1.35. The number of nitrogens with zero attached hydrogens (tertiary/aromatic N) is 2. The number of rotatable bonds is 14. The first-order valence-corrected chi connectivity index (χ1v) is 15.4. The summed E-state index contributed by atoms with van der Waals surface area (Å²) in [6.07, 6.45) is 1.09. The van der Waals surface area contributed by atoms with Gasteiger partial charge in [-0.2, -0.15) is 0 Å². The topological polar surface area (TPSA) is 105 Å². The number of benzene rings is 3. The minimum atomic E-state index is -4.25. The standard InChI is InChI=1S/C32H41N3O6S/c1-7-19-33-32(37)28(8-2)34(21-25-13-9-23(3)10-14-25)31(36)22-35(29-20-26(40-5)15-18-30(29)41-6)42(38,39)27-16-11-24(4)12-17-27/h9-18,20,28H,7-8,19,21-22H2,1-6H3,(H,33,37)/t28-/m1/s1. The van der Waals surface area contributed by atoms with Crippen LogP contribution in [0.15, 0.2) is 71.6 Å². The van der Waals surface area contributed by atoms with Crippen LogP contribution in [-0.4, -0.2) is 58.5 Å². The molecule has 1 atom stereocenters. The van der Waals surface area contributed by atoms with Gasteiger partial charge >= 0.3 is 0 Å². The smallest absolute Gasteiger partial charge is 0.264 e. The minimum absolute atomic E-state index is 0.0172. The van der Waals surface area contributed by atoms with Crippen molar-refractivity contribution in [2.45, 2.75) is 58.0 Å². The molecule has 0 saturated carbocycles. The Morgan fingerprint density at radius 3 is 2.05 bits per heavy atom. The third kappa shape index (κ3) is 7.82. The van der Waals surface area contributed by atoms with Crippen molar-refractivity contribution < 1.29 is 27.5 Å². The van der Waals surface area contributed by atoms with Crippen molar-refractivity contribution in [3.8, 4) is 11.5 Å². The summed E-state index contributed by atoms with van der Waals surface area (Å²) in [5.74, 6) is -0.178. The van der Waals surface area contributed by atoms with Crippen LogP contribution in [0.4, 0.5) is 5.69 Å². The highest BCUT2D eigenvalue weighted by molar-refractivity contribution is 7.92. The molecular weight excluding hydrogens is 554 g/mol. The molecule has 0 saturated heterocycles. The Morgan fingerprint density at radius 1 is 0.881 bits per heavy atom. The van der Waals surface area contributed by atoms with Crippen molar-refractivity contribution in [3.63, 3.8) is 0 Å². The second-order valence-electron chi connectivity index (χ2n) is 10.1. The molecule has 3 rings (SSSR count). The van der Waals surface area contributed by atoms with Crippen LogP contribution >= 0.6 is 0 Å². The summed E-state index contributed by atoms with van der Waals surface area (Å²) in [5.41, 5.74) is 2.92. The van der Waals surface area contributed by atoms with E-state index in [2.05, 4.69) is 5.32 Å². The number of carbonyl (C=O) groups excluding carboxylic acids is 2. The van der Waals surface area contributed by atoms with Gasteiger partial charge in [0.2, 0.25) is 11.8 Å². The van der Waals surface area contributed by atoms with Crippen LogP contribution in [0, 0.1) is 13.8 Å². The molecule has 0 aliphatic heterocycles. The van der Waals surface area contributed by atoms with Crippen LogP contribution in [0.1, 0.15) is 43.4 Å². The molecule has 0 heterocycles. The molecule has 0 aliphatic rings. The number of methoxy groups -OCH3 is 2. The van der Waals surface area contributed by atoms with Gasteiger partial charge in [-0.3, -0.25) is 13.9 Å². The number of hydrogen-bond acceptors (Lipinski definition) is 6. The van der Waals surface area contributed by atoms with Crippen molar-refractivity contribution in [2.75, 3.05) is 31.6 Å². The highest BCUT2D eigenvalue weighted by Crippen LogP contribution is 2.36. The van der Waals surface area contributed by atoms with Crippen LogP contribution in [0.5, 0.6) is 11.5 Å². The Kier molecular flexibility index (Phi) is 11.4. The predicted molar refractivity (Wildman–Crippen MR) is 164 cm³/mol. The van der Waals surface area contributed by atoms with Gasteiger partial charge in [0.25, 0.3) is 10.0 Å². The summed E-state index contributed by atoms with van der Waals surface area (Å²) in [4.78, 5) is 28.9. The Bertz CT molecular complexity index is 1460. The normalized spacial score (nSPS) is 11.9. The third-order valence-electron chi connectivity index (χ3n) is 6.95. The summed E-state index contributed by atoms with van der Waals surface area (Å²) >= 11 is 0. The number of nitrogens with one attached hydrogen (secondary N) is 1. The van der Waals surface area contributed by atoms with Gasteiger partial charge < -0.3 is 19.7 Å². The van der Waals surface area contributed by atoms with Gasteiger partial charge in [0, 0.05) is 19.2 Å². The number of aryl methyl sites for hydroxylation is 2. The van der Waals surface area contributed by atoms with Crippen LogP contribution in [-0.2, 0) is 26.2 Å². The molecule has 2 amide bonds. The summed E-state index contributed by atoms with van der Waals surface area (Å²) in [6, 6.07) is 18.0. The van der Waals surface area contributed by atoms with Crippen LogP contribution in [0.3, 0.4) is 0 Å². The lowest BCUT2D eigenvalue weighted by Gasteiger charge is -2.33. The maximum atomic E-state index is 14.2. The number of sulfonamides is 1. The second-order valence-corrected chi connectivity index (χ2v) is 11.9. The first kappa shape index (κ1) is 32.5. The lowest BCUT2D eigenvalue weighted by atomic mass is 10.1. The molecule has 9 nitrogen and oxygen atoms in total. The van der Waals surface area contributed by atoms with E-state index in [1.807, 2.05) is 52.0 Å². The highest BCUT2D eigenvalue weighted by Gasteiger charge is 2.35. The van der Waals surface area contributed by atoms with Crippen LogP contribution in [0.2, 0.25) is 0 Å². The zero-order valence-corrected chi connectivity index (χ0v) is 26.0. The second kappa shape index (κ2) is 14.7. The summed E-state index contributed by atoms with van der Waals surface area (Å²) in [5, 5.41) is 2.89. The fourth-order valence-electron chi connectivity index (χ4n) is 4.52. The average molecular weight is 596 g/mol. The third-order valence-corrected chi connectivity index (χ3v) is 8.73. The Labute approximate surface area is 249 Å². The van der Waals surface area contributed by atoms with E-state index in [1.165, 1.54) is 37.3 Å². The Balaban J connectivity index is 2.13. The number of anilines is 1. The van der Waals surface area contributed by atoms with Crippen molar-refractivity contribution >= 4 is 27.5 Å². The molecule has 0 fully saturated rings. The Hall–Kier alpha value is -4.05. The number of hydrogen-bond donors (Lipinski definition) is 1. The van der Waals surface area contributed by atoms with E-state index in [0.29, 0.717) is 18.7 Å².